The Hall–Kier alpha value is -4.14. The Balaban J connectivity index is 1.20. The number of carboxylic acids is 1. The molecule has 2 amide bonds. The summed E-state index contributed by atoms with van der Waals surface area (Å²) in [6.45, 7) is 0.164. The second kappa shape index (κ2) is 8.33. The molecule has 9 nitrogen and oxygen atoms in total. The lowest BCUT2D eigenvalue weighted by atomic mass is 9.98. The first-order chi connectivity index (χ1) is 16.4. The first kappa shape index (κ1) is 21.7. The smallest absolute Gasteiger partial charge is 0.408 e. The van der Waals surface area contributed by atoms with Gasteiger partial charge in [-0.3, -0.25) is 9.48 Å². The number of aryl methyl sites for hydroxylation is 1. The third kappa shape index (κ3) is 3.79. The highest BCUT2D eigenvalue weighted by Crippen LogP contribution is 2.44. The molecule has 1 heterocycles. The van der Waals surface area contributed by atoms with E-state index in [0.29, 0.717) is 18.4 Å². The monoisotopic (exact) mass is 460 g/mol. The SMILES string of the molecule is Cn1ncc(CNC(=O)C2(NC(=O)OCC3c4ccccc4-c4ccccc43)CC2)c1C(=O)O. The number of ether oxygens (including phenoxy) is 1. The predicted molar refractivity (Wildman–Crippen MR) is 122 cm³/mol. The zero-order chi connectivity index (χ0) is 23.9. The first-order valence-corrected chi connectivity index (χ1v) is 11.1. The van der Waals surface area contributed by atoms with Crippen molar-refractivity contribution in [1.82, 2.24) is 20.4 Å². The molecule has 0 unspecified atom stereocenters. The van der Waals surface area contributed by atoms with Gasteiger partial charge in [-0.2, -0.15) is 5.10 Å². The van der Waals surface area contributed by atoms with E-state index in [-0.39, 0.29) is 30.7 Å². The molecule has 3 aromatic rings. The molecule has 174 valence electrons. The fraction of sp³-hybridized carbons (Fsp3) is 0.280. The summed E-state index contributed by atoms with van der Waals surface area (Å²) in [4.78, 5) is 36.7. The van der Waals surface area contributed by atoms with Gasteiger partial charge in [0, 0.05) is 25.1 Å². The molecule has 0 aliphatic heterocycles. The highest BCUT2D eigenvalue weighted by atomic mass is 16.5. The number of alkyl carbamates (subject to hydrolysis) is 1. The van der Waals surface area contributed by atoms with Crippen molar-refractivity contribution in [2.75, 3.05) is 6.61 Å². The fourth-order valence-corrected chi connectivity index (χ4v) is 4.60. The summed E-state index contributed by atoms with van der Waals surface area (Å²) < 4.78 is 6.80. The van der Waals surface area contributed by atoms with Gasteiger partial charge in [0.2, 0.25) is 5.91 Å². The van der Waals surface area contributed by atoms with Crippen molar-refractivity contribution in [2.24, 2.45) is 7.05 Å². The van der Waals surface area contributed by atoms with Crippen LogP contribution >= 0.6 is 0 Å². The molecule has 0 spiro atoms. The number of rotatable bonds is 7. The van der Waals surface area contributed by atoms with Crippen molar-refractivity contribution in [1.29, 1.82) is 0 Å². The van der Waals surface area contributed by atoms with Crippen LogP contribution in [0.2, 0.25) is 0 Å². The van der Waals surface area contributed by atoms with Gasteiger partial charge in [-0.25, -0.2) is 9.59 Å². The molecule has 2 aromatic carbocycles. The van der Waals surface area contributed by atoms with E-state index in [4.69, 9.17) is 4.74 Å². The van der Waals surface area contributed by atoms with Crippen LogP contribution in [0.15, 0.2) is 54.7 Å². The Kier molecular flexibility index (Phi) is 5.31. The number of hydrogen-bond acceptors (Lipinski definition) is 5. The summed E-state index contributed by atoms with van der Waals surface area (Å²) in [5.41, 5.74) is 3.87. The average Bonchev–Trinajstić information content (AvgIpc) is 3.40. The molecule has 5 rings (SSSR count). The van der Waals surface area contributed by atoms with E-state index in [2.05, 4.69) is 27.9 Å². The minimum atomic E-state index is -1.12. The largest absolute Gasteiger partial charge is 0.477 e. The topological polar surface area (TPSA) is 123 Å². The van der Waals surface area contributed by atoms with Gasteiger partial charge >= 0.3 is 12.1 Å². The number of carbonyl (C=O) groups is 3. The lowest BCUT2D eigenvalue weighted by molar-refractivity contribution is -0.124. The van der Waals surface area contributed by atoms with Crippen LogP contribution in [0.5, 0.6) is 0 Å². The first-order valence-electron chi connectivity index (χ1n) is 11.1. The standard InChI is InChI=1S/C25H24N4O5/c1-29-21(22(30)31)15(13-27-29)12-26-23(32)25(10-11-25)28-24(33)34-14-20-18-8-4-2-6-16(18)17-7-3-5-9-19(17)20/h2-9,13,20H,10-12,14H2,1H3,(H,26,32)(H,28,33)(H,30,31). The van der Waals surface area contributed by atoms with E-state index >= 15 is 0 Å². The number of amides is 2. The predicted octanol–water partition coefficient (Wildman–Crippen LogP) is 2.81. The van der Waals surface area contributed by atoms with E-state index in [1.54, 1.807) is 0 Å². The molecular weight excluding hydrogens is 436 g/mol. The summed E-state index contributed by atoms with van der Waals surface area (Å²) in [5.74, 6) is -1.56. The van der Waals surface area contributed by atoms with Gasteiger partial charge in [0.15, 0.2) is 5.69 Å². The summed E-state index contributed by atoms with van der Waals surface area (Å²) in [6.07, 6.45) is 1.73. The van der Waals surface area contributed by atoms with E-state index in [1.165, 1.54) is 17.9 Å². The van der Waals surface area contributed by atoms with Crippen molar-refractivity contribution in [3.8, 4) is 11.1 Å². The molecule has 0 atom stereocenters. The average molecular weight is 460 g/mol. The number of nitrogens with zero attached hydrogens (tertiary/aromatic N) is 2. The highest BCUT2D eigenvalue weighted by molar-refractivity contribution is 5.93. The van der Waals surface area contributed by atoms with Crippen LogP contribution in [0.4, 0.5) is 4.79 Å². The number of fused-ring (bicyclic) bond motifs is 3. The van der Waals surface area contributed by atoms with Crippen LogP contribution in [-0.4, -0.2) is 45.0 Å². The third-order valence-electron chi connectivity index (χ3n) is 6.53. The number of hydrogen-bond donors (Lipinski definition) is 3. The van der Waals surface area contributed by atoms with Crippen LogP contribution in [0.3, 0.4) is 0 Å². The van der Waals surface area contributed by atoms with E-state index in [0.717, 1.165) is 22.3 Å². The summed E-state index contributed by atoms with van der Waals surface area (Å²) in [6, 6.07) is 16.1. The fourth-order valence-electron chi connectivity index (χ4n) is 4.60. The molecule has 0 radical (unpaired) electrons. The van der Waals surface area contributed by atoms with Crippen molar-refractivity contribution in [3.63, 3.8) is 0 Å². The van der Waals surface area contributed by atoms with Crippen LogP contribution < -0.4 is 10.6 Å². The normalized spacial score (nSPS) is 15.2. The molecule has 0 bridgehead atoms. The van der Waals surface area contributed by atoms with Crippen LogP contribution in [-0.2, 0) is 23.1 Å². The lowest BCUT2D eigenvalue weighted by Gasteiger charge is -2.19. The number of aromatic nitrogens is 2. The summed E-state index contributed by atoms with van der Waals surface area (Å²) in [7, 11) is 1.52. The van der Waals surface area contributed by atoms with Gasteiger partial charge in [-0.1, -0.05) is 48.5 Å². The zero-order valence-corrected chi connectivity index (χ0v) is 18.6. The quantitative estimate of drug-likeness (QED) is 0.498. The van der Waals surface area contributed by atoms with Crippen molar-refractivity contribution in [2.45, 2.75) is 30.8 Å². The van der Waals surface area contributed by atoms with E-state index in [1.807, 2.05) is 36.4 Å². The van der Waals surface area contributed by atoms with Crippen LogP contribution in [0.1, 0.15) is 45.9 Å². The molecule has 2 aliphatic rings. The number of benzene rings is 2. The molecule has 1 saturated carbocycles. The molecule has 1 aromatic heterocycles. The molecule has 34 heavy (non-hydrogen) atoms. The Bertz CT molecular complexity index is 1250. The number of aromatic carboxylic acids is 1. The van der Waals surface area contributed by atoms with Gasteiger partial charge in [-0.15, -0.1) is 0 Å². The lowest BCUT2D eigenvalue weighted by Crippen LogP contribution is -2.49. The van der Waals surface area contributed by atoms with Gasteiger partial charge in [0.1, 0.15) is 12.1 Å². The molecule has 3 N–H and O–H groups in total. The van der Waals surface area contributed by atoms with E-state index < -0.39 is 17.6 Å². The zero-order valence-electron chi connectivity index (χ0n) is 18.6. The maximum atomic E-state index is 12.8. The number of nitrogens with one attached hydrogen (secondary N) is 2. The molecule has 2 aliphatic carbocycles. The van der Waals surface area contributed by atoms with Crippen LogP contribution in [0, 0.1) is 0 Å². The van der Waals surface area contributed by atoms with E-state index in [9.17, 15) is 19.5 Å². The minimum absolute atomic E-state index is 0.00241. The minimum Gasteiger partial charge on any atom is -0.477 e. The van der Waals surface area contributed by atoms with Gasteiger partial charge in [-0.05, 0) is 35.1 Å². The molecule has 0 saturated heterocycles. The maximum absolute atomic E-state index is 12.8. The Morgan fingerprint density at radius 1 is 1.09 bits per heavy atom. The second-order valence-corrected chi connectivity index (χ2v) is 8.66. The van der Waals surface area contributed by atoms with Gasteiger partial charge < -0.3 is 20.5 Å². The Labute approximate surface area is 195 Å². The number of carbonyl (C=O) groups excluding carboxylic acids is 2. The number of carboxylic acid groups (broad SMARTS) is 1. The molecule has 9 heteroatoms. The van der Waals surface area contributed by atoms with Gasteiger partial charge in [0.05, 0.1) is 6.20 Å². The molecule has 1 fully saturated rings. The van der Waals surface area contributed by atoms with Crippen molar-refractivity contribution in [3.05, 3.63) is 77.1 Å². The van der Waals surface area contributed by atoms with Crippen LogP contribution in [0.25, 0.3) is 11.1 Å². The Morgan fingerprint density at radius 2 is 1.71 bits per heavy atom. The summed E-state index contributed by atoms with van der Waals surface area (Å²) in [5, 5.41) is 18.7. The molecular formula is C25H24N4O5. The van der Waals surface area contributed by atoms with Gasteiger partial charge in [0.25, 0.3) is 0 Å². The third-order valence-corrected chi connectivity index (χ3v) is 6.53. The highest BCUT2D eigenvalue weighted by Gasteiger charge is 2.51. The van der Waals surface area contributed by atoms with Crippen molar-refractivity contribution < 1.29 is 24.2 Å². The Morgan fingerprint density at radius 3 is 2.29 bits per heavy atom. The summed E-state index contributed by atoms with van der Waals surface area (Å²) >= 11 is 0. The van der Waals surface area contributed by atoms with Crippen molar-refractivity contribution >= 4 is 18.0 Å². The maximum Gasteiger partial charge on any atom is 0.408 e. The second-order valence-electron chi connectivity index (χ2n) is 8.66.